The minimum Gasteiger partial charge on any atom is -0.493 e. The zero-order valence-corrected chi connectivity index (χ0v) is 12.9. The van der Waals surface area contributed by atoms with Crippen LogP contribution in [0.1, 0.15) is 44.6 Å². The molecule has 1 aromatic carbocycles. The highest BCUT2D eigenvalue weighted by molar-refractivity contribution is 5.76. The number of nitrogens with one attached hydrogen (secondary N) is 1. The average molecular weight is 291 g/mol. The molecule has 1 amide bonds. The highest BCUT2D eigenvalue weighted by atomic mass is 16.5. The average Bonchev–Trinajstić information content (AvgIpc) is 3.26. The molecule has 0 aromatic heterocycles. The molecule has 0 bridgehead atoms. The van der Waals surface area contributed by atoms with E-state index in [1.807, 2.05) is 12.1 Å². The number of carbonyl (C=O) groups is 1. The fraction of sp³-hybridized carbons (Fsp3) is 0.588. The maximum absolute atomic E-state index is 11.7. The summed E-state index contributed by atoms with van der Waals surface area (Å²) in [4.78, 5) is 11.7. The number of rotatable bonds is 8. The lowest BCUT2D eigenvalue weighted by molar-refractivity contribution is -0.121. The molecule has 1 fully saturated rings. The summed E-state index contributed by atoms with van der Waals surface area (Å²) in [5, 5.41) is 12.0. The molecule has 2 rings (SSSR count). The summed E-state index contributed by atoms with van der Waals surface area (Å²) in [6.45, 7) is 5.41. The summed E-state index contributed by atoms with van der Waals surface area (Å²) in [5.41, 5.74) is 1.24. The molecule has 1 aliphatic rings. The van der Waals surface area contributed by atoms with Gasteiger partial charge in [-0.1, -0.05) is 26.0 Å². The maximum atomic E-state index is 11.7. The van der Waals surface area contributed by atoms with Crippen molar-refractivity contribution in [2.24, 2.45) is 5.41 Å². The standard InChI is InChI=1S/C17H25NO3/c1-13(2)14-3-5-15(6-4-14)21-10-7-16(20)18-11-17(12-19)8-9-17/h3-6,13,19H,7-12H2,1-2H3,(H,18,20). The van der Waals surface area contributed by atoms with Crippen molar-refractivity contribution in [2.75, 3.05) is 19.8 Å². The summed E-state index contributed by atoms with van der Waals surface area (Å²) in [7, 11) is 0. The number of aliphatic hydroxyl groups is 1. The number of hydrogen-bond acceptors (Lipinski definition) is 3. The molecular formula is C17H25NO3. The molecule has 21 heavy (non-hydrogen) atoms. The first kappa shape index (κ1) is 15.8. The molecule has 0 spiro atoms. The predicted octanol–water partition coefficient (Wildman–Crippen LogP) is 2.47. The quantitative estimate of drug-likeness (QED) is 0.773. The molecule has 1 aromatic rings. The fourth-order valence-electron chi connectivity index (χ4n) is 2.15. The van der Waals surface area contributed by atoms with Crippen molar-refractivity contribution in [1.82, 2.24) is 5.32 Å². The maximum Gasteiger partial charge on any atom is 0.223 e. The second-order valence-corrected chi connectivity index (χ2v) is 6.26. The van der Waals surface area contributed by atoms with Crippen molar-refractivity contribution in [3.05, 3.63) is 29.8 Å². The van der Waals surface area contributed by atoms with E-state index in [2.05, 4.69) is 31.3 Å². The van der Waals surface area contributed by atoms with Gasteiger partial charge < -0.3 is 15.2 Å². The van der Waals surface area contributed by atoms with Gasteiger partial charge in [0.15, 0.2) is 0 Å². The Kier molecular flexibility index (Phi) is 5.23. The van der Waals surface area contributed by atoms with Gasteiger partial charge in [-0.05, 0) is 36.5 Å². The minimum atomic E-state index is -0.0385. The lowest BCUT2D eigenvalue weighted by Gasteiger charge is -2.13. The Hall–Kier alpha value is -1.55. The summed E-state index contributed by atoms with van der Waals surface area (Å²) in [5.74, 6) is 1.28. The zero-order chi connectivity index (χ0) is 15.3. The van der Waals surface area contributed by atoms with Crippen LogP contribution in [0.5, 0.6) is 5.75 Å². The van der Waals surface area contributed by atoms with E-state index in [1.165, 1.54) is 5.56 Å². The minimum absolute atomic E-state index is 0.0199. The van der Waals surface area contributed by atoms with E-state index in [0.29, 0.717) is 25.5 Å². The van der Waals surface area contributed by atoms with Crippen LogP contribution in [-0.4, -0.2) is 30.8 Å². The van der Waals surface area contributed by atoms with E-state index in [1.54, 1.807) is 0 Å². The van der Waals surface area contributed by atoms with Crippen molar-refractivity contribution < 1.29 is 14.6 Å². The van der Waals surface area contributed by atoms with Crippen molar-refractivity contribution in [3.63, 3.8) is 0 Å². The molecule has 4 nitrogen and oxygen atoms in total. The van der Waals surface area contributed by atoms with Gasteiger partial charge in [0.1, 0.15) is 5.75 Å². The number of amides is 1. The third-order valence-corrected chi connectivity index (χ3v) is 4.10. The van der Waals surface area contributed by atoms with Crippen molar-refractivity contribution in [3.8, 4) is 5.75 Å². The Balaban J connectivity index is 1.65. The molecule has 0 radical (unpaired) electrons. The third-order valence-electron chi connectivity index (χ3n) is 4.10. The van der Waals surface area contributed by atoms with Crippen LogP contribution >= 0.6 is 0 Å². The Bertz CT molecular complexity index is 463. The van der Waals surface area contributed by atoms with Gasteiger partial charge in [-0.3, -0.25) is 4.79 Å². The van der Waals surface area contributed by atoms with E-state index in [0.717, 1.165) is 18.6 Å². The molecule has 116 valence electrons. The first-order chi connectivity index (χ1) is 10.0. The van der Waals surface area contributed by atoms with Crippen LogP contribution in [0.15, 0.2) is 24.3 Å². The Morgan fingerprint density at radius 1 is 1.33 bits per heavy atom. The molecule has 1 aliphatic carbocycles. The molecule has 2 N–H and O–H groups in total. The Labute approximate surface area is 126 Å². The van der Waals surface area contributed by atoms with Crippen LogP contribution in [0.3, 0.4) is 0 Å². The largest absolute Gasteiger partial charge is 0.493 e. The second kappa shape index (κ2) is 6.94. The second-order valence-electron chi connectivity index (χ2n) is 6.26. The molecule has 0 aliphatic heterocycles. The van der Waals surface area contributed by atoms with Gasteiger partial charge in [0.2, 0.25) is 5.91 Å². The van der Waals surface area contributed by atoms with E-state index >= 15 is 0 Å². The van der Waals surface area contributed by atoms with Crippen LogP contribution < -0.4 is 10.1 Å². The Morgan fingerprint density at radius 2 is 2.00 bits per heavy atom. The van der Waals surface area contributed by atoms with E-state index in [9.17, 15) is 9.90 Å². The van der Waals surface area contributed by atoms with Gasteiger partial charge in [-0.2, -0.15) is 0 Å². The van der Waals surface area contributed by atoms with E-state index in [-0.39, 0.29) is 17.9 Å². The normalized spacial score (nSPS) is 15.8. The summed E-state index contributed by atoms with van der Waals surface area (Å²) < 4.78 is 5.58. The zero-order valence-electron chi connectivity index (χ0n) is 12.9. The van der Waals surface area contributed by atoms with Gasteiger partial charge in [0, 0.05) is 12.0 Å². The SMILES string of the molecule is CC(C)c1ccc(OCCC(=O)NCC2(CO)CC2)cc1. The van der Waals surface area contributed by atoms with Crippen LogP contribution in [-0.2, 0) is 4.79 Å². The van der Waals surface area contributed by atoms with Gasteiger partial charge in [0.25, 0.3) is 0 Å². The number of benzene rings is 1. The predicted molar refractivity (Wildman–Crippen MR) is 82.4 cm³/mol. The van der Waals surface area contributed by atoms with E-state index < -0.39 is 0 Å². The van der Waals surface area contributed by atoms with Gasteiger partial charge in [-0.25, -0.2) is 0 Å². The number of hydrogen-bond donors (Lipinski definition) is 2. The monoisotopic (exact) mass is 291 g/mol. The molecule has 0 heterocycles. The first-order valence-electron chi connectivity index (χ1n) is 7.65. The highest BCUT2D eigenvalue weighted by Gasteiger charge is 2.41. The van der Waals surface area contributed by atoms with Gasteiger partial charge in [0.05, 0.1) is 19.6 Å². The van der Waals surface area contributed by atoms with Gasteiger partial charge in [-0.15, -0.1) is 0 Å². The van der Waals surface area contributed by atoms with Crippen LogP contribution in [0, 0.1) is 5.41 Å². The topological polar surface area (TPSA) is 58.6 Å². The molecular weight excluding hydrogens is 266 g/mol. The highest BCUT2D eigenvalue weighted by Crippen LogP contribution is 2.44. The van der Waals surface area contributed by atoms with Crippen molar-refractivity contribution in [2.45, 2.75) is 39.0 Å². The number of ether oxygens (including phenoxy) is 1. The summed E-state index contributed by atoms with van der Waals surface area (Å²) in [6, 6.07) is 7.99. The molecule has 4 heteroatoms. The molecule has 1 saturated carbocycles. The number of aliphatic hydroxyl groups excluding tert-OH is 1. The Morgan fingerprint density at radius 3 is 2.52 bits per heavy atom. The van der Waals surface area contributed by atoms with E-state index in [4.69, 9.17) is 4.74 Å². The number of carbonyl (C=O) groups excluding carboxylic acids is 1. The smallest absolute Gasteiger partial charge is 0.223 e. The van der Waals surface area contributed by atoms with Crippen molar-refractivity contribution in [1.29, 1.82) is 0 Å². The first-order valence-corrected chi connectivity index (χ1v) is 7.65. The molecule has 0 atom stereocenters. The van der Waals surface area contributed by atoms with Gasteiger partial charge >= 0.3 is 0 Å². The van der Waals surface area contributed by atoms with Crippen LogP contribution in [0.25, 0.3) is 0 Å². The van der Waals surface area contributed by atoms with Crippen molar-refractivity contribution >= 4 is 5.91 Å². The molecule has 0 unspecified atom stereocenters. The van der Waals surface area contributed by atoms with Crippen LogP contribution in [0.4, 0.5) is 0 Å². The fourth-order valence-corrected chi connectivity index (χ4v) is 2.15. The molecule has 0 saturated heterocycles. The summed E-state index contributed by atoms with van der Waals surface area (Å²) >= 11 is 0. The lowest BCUT2D eigenvalue weighted by atomic mass is 10.0. The summed E-state index contributed by atoms with van der Waals surface area (Å²) in [6.07, 6.45) is 2.35. The third kappa shape index (κ3) is 4.74. The lowest BCUT2D eigenvalue weighted by Crippen LogP contribution is -2.32. The van der Waals surface area contributed by atoms with Crippen LogP contribution in [0.2, 0.25) is 0 Å².